The zero-order valence-corrected chi connectivity index (χ0v) is 22.4. The Hall–Kier alpha value is -2.69. The van der Waals surface area contributed by atoms with Crippen LogP contribution in [0.3, 0.4) is 0 Å². The maximum absolute atomic E-state index is 13.1. The number of methoxy groups -OCH3 is 1. The Morgan fingerprint density at radius 3 is 2.22 bits per heavy atom. The van der Waals surface area contributed by atoms with E-state index in [0.29, 0.717) is 44.8 Å². The van der Waals surface area contributed by atoms with Crippen molar-refractivity contribution < 1.29 is 17.9 Å². The van der Waals surface area contributed by atoms with Crippen molar-refractivity contribution in [1.29, 1.82) is 0 Å². The number of rotatable bonds is 5. The minimum atomic E-state index is -3.52. The van der Waals surface area contributed by atoms with Crippen LogP contribution in [0.25, 0.3) is 10.2 Å². The van der Waals surface area contributed by atoms with Crippen molar-refractivity contribution in [3.63, 3.8) is 0 Å². The Bertz CT molecular complexity index is 1340. The monoisotopic (exact) mass is 528 g/mol. The van der Waals surface area contributed by atoms with Gasteiger partial charge in [0, 0.05) is 44.8 Å². The lowest BCUT2D eigenvalue weighted by Crippen LogP contribution is -2.48. The highest BCUT2D eigenvalue weighted by Gasteiger charge is 2.27. The van der Waals surface area contributed by atoms with Gasteiger partial charge in [-0.3, -0.25) is 4.79 Å². The lowest BCUT2D eigenvalue weighted by Gasteiger charge is -2.34. The molecule has 2 aromatic carbocycles. The average molecular weight is 529 g/mol. The largest absolute Gasteiger partial charge is 0.494 e. The third-order valence-corrected chi connectivity index (χ3v) is 10.2. The van der Waals surface area contributed by atoms with Crippen LogP contribution in [0.1, 0.15) is 41.6 Å². The highest BCUT2D eigenvalue weighted by molar-refractivity contribution is 7.89. The summed E-state index contributed by atoms with van der Waals surface area (Å²) in [5.74, 6) is 0.698. The molecule has 1 aromatic heterocycles. The van der Waals surface area contributed by atoms with E-state index in [0.717, 1.165) is 46.8 Å². The molecule has 10 heteroatoms. The number of anilines is 1. The van der Waals surface area contributed by atoms with Crippen molar-refractivity contribution in [2.45, 2.75) is 37.5 Å². The first-order valence-corrected chi connectivity index (χ1v) is 14.7. The number of amides is 1. The molecule has 2 aliphatic rings. The number of sulfonamides is 1. The Morgan fingerprint density at radius 2 is 1.58 bits per heavy atom. The van der Waals surface area contributed by atoms with Crippen molar-refractivity contribution in [1.82, 2.24) is 14.2 Å². The van der Waals surface area contributed by atoms with Gasteiger partial charge in [0.1, 0.15) is 11.3 Å². The maximum Gasteiger partial charge on any atom is 0.253 e. The number of thiazole rings is 1. The van der Waals surface area contributed by atoms with Crippen LogP contribution in [-0.4, -0.2) is 74.9 Å². The van der Waals surface area contributed by atoms with Gasteiger partial charge in [-0.2, -0.15) is 4.31 Å². The number of carbonyl (C=O) groups excluding carboxylic acids is 1. The standard InChI is InChI=1S/C26H32N4O4S2/c1-19-7-12-22(34-2)23-24(19)35-26(27-23)29-17-15-28(16-18-29)25(31)20-8-10-21(11-9-20)36(32,33)30-13-5-3-4-6-14-30/h7-12H,3-6,13-18H2,1-2H3. The predicted molar refractivity (Wildman–Crippen MR) is 143 cm³/mol. The molecule has 3 aromatic rings. The quantitative estimate of drug-likeness (QED) is 0.495. The smallest absolute Gasteiger partial charge is 0.253 e. The molecule has 0 saturated carbocycles. The van der Waals surface area contributed by atoms with Crippen LogP contribution in [0.4, 0.5) is 5.13 Å². The van der Waals surface area contributed by atoms with Crippen molar-refractivity contribution in [2.24, 2.45) is 0 Å². The third-order valence-electron chi connectivity index (χ3n) is 7.05. The molecule has 0 aliphatic carbocycles. The van der Waals surface area contributed by atoms with Gasteiger partial charge in [-0.25, -0.2) is 13.4 Å². The van der Waals surface area contributed by atoms with Gasteiger partial charge in [0.2, 0.25) is 10.0 Å². The normalized spacial score (nSPS) is 17.8. The summed E-state index contributed by atoms with van der Waals surface area (Å²) >= 11 is 1.65. The highest BCUT2D eigenvalue weighted by atomic mass is 32.2. The van der Waals surface area contributed by atoms with E-state index < -0.39 is 10.0 Å². The number of hydrogen-bond acceptors (Lipinski definition) is 7. The zero-order chi connectivity index (χ0) is 25.3. The minimum Gasteiger partial charge on any atom is -0.494 e. The van der Waals surface area contributed by atoms with E-state index in [1.54, 1.807) is 47.0 Å². The number of piperazine rings is 1. The summed E-state index contributed by atoms with van der Waals surface area (Å²) in [4.78, 5) is 22.3. The number of hydrogen-bond donors (Lipinski definition) is 0. The van der Waals surface area contributed by atoms with Crippen LogP contribution in [0.2, 0.25) is 0 Å². The van der Waals surface area contributed by atoms with Crippen LogP contribution >= 0.6 is 11.3 Å². The number of fused-ring (bicyclic) bond motifs is 1. The summed E-state index contributed by atoms with van der Waals surface area (Å²) in [7, 11) is -1.87. The first kappa shape index (κ1) is 25.0. The second kappa shape index (κ2) is 10.4. The fraction of sp³-hybridized carbons (Fsp3) is 0.462. The summed E-state index contributed by atoms with van der Waals surface area (Å²) in [6.07, 6.45) is 3.93. The fourth-order valence-corrected chi connectivity index (χ4v) is 7.50. The Balaban J connectivity index is 1.24. The second-order valence-corrected chi connectivity index (χ2v) is 12.3. The van der Waals surface area contributed by atoms with Gasteiger partial charge >= 0.3 is 0 Å². The molecule has 2 saturated heterocycles. The van der Waals surface area contributed by atoms with Crippen molar-refractivity contribution in [3.8, 4) is 5.75 Å². The molecule has 0 unspecified atom stereocenters. The van der Waals surface area contributed by atoms with E-state index in [1.807, 2.05) is 17.0 Å². The summed E-state index contributed by atoms with van der Waals surface area (Å²) < 4.78 is 34.2. The van der Waals surface area contributed by atoms with Gasteiger partial charge in [0.05, 0.1) is 16.7 Å². The van der Waals surface area contributed by atoms with Crippen molar-refractivity contribution in [3.05, 3.63) is 47.5 Å². The van der Waals surface area contributed by atoms with Gasteiger partial charge in [0.25, 0.3) is 5.91 Å². The minimum absolute atomic E-state index is 0.0739. The molecule has 1 amide bonds. The second-order valence-electron chi connectivity index (χ2n) is 9.38. The van der Waals surface area contributed by atoms with E-state index >= 15 is 0 Å². The van der Waals surface area contributed by atoms with Gasteiger partial charge in [-0.05, 0) is 55.7 Å². The molecular formula is C26H32N4O4S2. The first-order chi connectivity index (χ1) is 17.4. The molecule has 8 nitrogen and oxygen atoms in total. The van der Waals surface area contributed by atoms with Crippen LogP contribution in [-0.2, 0) is 10.0 Å². The van der Waals surface area contributed by atoms with E-state index in [4.69, 9.17) is 9.72 Å². The maximum atomic E-state index is 13.1. The molecule has 0 atom stereocenters. The molecule has 3 heterocycles. The number of aryl methyl sites for hydroxylation is 1. The van der Waals surface area contributed by atoms with E-state index in [1.165, 1.54) is 5.56 Å². The Labute approximate surface area is 216 Å². The predicted octanol–water partition coefficient (Wildman–Crippen LogP) is 4.14. The average Bonchev–Trinajstić information content (AvgIpc) is 3.17. The molecule has 192 valence electrons. The highest BCUT2D eigenvalue weighted by Crippen LogP contribution is 2.36. The first-order valence-electron chi connectivity index (χ1n) is 12.5. The number of carbonyl (C=O) groups is 1. The molecule has 36 heavy (non-hydrogen) atoms. The van der Waals surface area contributed by atoms with E-state index in [9.17, 15) is 13.2 Å². The van der Waals surface area contributed by atoms with Gasteiger partial charge < -0.3 is 14.5 Å². The molecular weight excluding hydrogens is 496 g/mol. The van der Waals surface area contributed by atoms with Gasteiger partial charge in [0.15, 0.2) is 5.13 Å². The SMILES string of the molecule is COc1ccc(C)c2sc(N3CCN(C(=O)c4ccc(S(=O)(=O)N5CCCCCC5)cc4)CC3)nc12. The number of aromatic nitrogens is 1. The molecule has 5 rings (SSSR count). The fourth-order valence-electron chi connectivity index (χ4n) is 4.88. The Kier molecular flexibility index (Phi) is 7.18. The van der Waals surface area contributed by atoms with Gasteiger partial charge in [-0.1, -0.05) is 30.2 Å². The summed E-state index contributed by atoms with van der Waals surface area (Å²) in [6, 6.07) is 10.4. The number of benzene rings is 2. The third kappa shape index (κ3) is 4.81. The molecule has 0 N–H and O–H groups in total. The van der Waals surface area contributed by atoms with Crippen LogP contribution in [0.5, 0.6) is 5.75 Å². The lowest BCUT2D eigenvalue weighted by atomic mass is 10.2. The lowest BCUT2D eigenvalue weighted by molar-refractivity contribution is 0.0746. The zero-order valence-electron chi connectivity index (χ0n) is 20.8. The van der Waals surface area contributed by atoms with Crippen molar-refractivity contribution >= 4 is 42.6 Å². The topological polar surface area (TPSA) is 83.0 Å². The summed E-state index contributed by atoms with van der Waals surface area (Å²) in [5.41, 5.74) is 2.56. The van der Waals surface area contributed by atoms with E-state index in [-0.39, 0.29) is 10.8 Å². The van der Waals surface area contributed by atoms with E-state index in [2.05, 4.69) is 11.8 Å². The van der Waals surface area contributed by atoms with Crippen LogP contribution in [0.15, 0.2) is 41.3 Å². The van der Waals surface area contributed by atoms with Crippen LogP contribution < -0.4 is 9.64 Å². The molecule has 0 spiro atoms. The number of ether oxygens (including phenoxy) is 1. The van der Waals surface area contributed by atoms with Crippen LogP contribution in [0, 0.1) is 6.92 Å². The number of nitrogens with zero attached hydrogens (tertiary/aromatic N) is 4. The molecule has 0 bridgehead atoms. The molecule has 2 aliphatic heterocycles. The van der Waals surface area contributed by atoms with Crippen molar-refractivity contribution in [2.75, 3.05) is 51.3 Å². The summed E-state index contributed by atoms with van der Waals surface area (Å²) in [5, 5.41) is 0.938. The summed E-state index contributed by atoms with van der Waals surface area (Å²) in [6.45, 7) is 5.74. The van der Waals surface area contributed by atoms with Gasteiger partial charge in [-0.15, -0.1) is 0 Å². The Morgan fingerprint density at radius 1 is 0.917 bits per heavy atom. The molecule has 0 radical (unpaired) electrons. The molecule has 2 fully saturated rings.